The van der Waals surface area contributed by atoms with E-state index in [1.54, 1.807) is 0 Å². The van der Waals surface area contributed by atoms with E-state index in [2.05, 4.69) is 0 Å². The molecule has 9 heteroatoms. The van der Waals surface area contributed by atoms with Gasteiger partial charge in [-0.2, -0.15) is 0 Å². The third kappa shape index (κ3) is 1.24. The van der Waals surface area contributed by atoms with Crippen molar-refractivity contribution >= 4 is 82.5 Å². The molecule has 0 spiro atoms. The fourth-order valence-electron chi connectivity index (χ4n) is 0.356. The molecule has 0 aliphatic carbocycles. The molecule has 0 saturated carbocycles. The number of halogens is 6. The van der Waals surface area contributed by atoms with Crippen LogP contribution in [0.5, 0.6) is 0 Å². The molecule has 54 valence electrons. The Balaban J connectivity index is 2.91. The second kappa shape index (κ2) is 2.68. The van der Waals surface area contributed by atoms with Gasteiger partial charge in [0.2, 0.25) is 0 Å². The van der Waals surface area contributed by atoms with Gasteiger partial charge in [-0.15, -0.1) is 0 Å². The molecule has 1 aliphatic heterocycles. The Morgan fingerprint density at radius 1 is 0.444 bits per heavy atom. The fraction of sp³-hybridized carbons (Fsp3) is 0. The monoisotopic (exact) mass is 432 g/mol. The van der Waals surface area contributed by atoms with Gasteiger partial charge in [-0.05, 0) is 0 Å². The van der Waals surface area contributed by atoms with Gasteiger partial charge in [0.15, 0.2) is 0 Å². The van der Waals surface area contributed by atoms with Gasteiger partial charge in [-0.3, -0.25) is 0 Å². The molecule has 0 unspecified atom stereocenters. The van der Waals surface area contributed by atoms with Crippen molar-refractivity contribution in [2.24, 2.45) is 0 Å². The zero-order chi connectivity index (χ0) is 7.50. The standard InChI is InChI=1S/Cl6Ge3/c1-7(2)8(3,4)9(7,5)6. The number of hydrogen-bond donors (Lipinski definition) is 0. The van der Waals surface area contributed by atoms with E-state index >= 15 is 0 Å². The molecule has 1 rings (SSSR count). The molecular formula is Cl6Ge3. The maximum absolute atomic E-state index is 5.82. The molecule has 0 bridgehead atoms. The van der Waals surface area contributed by atoms with Gasteiger partial charge in [-0.25, -0.2) is 0 Å². The summed E-state index contributed by atoms with van der Waals surface area (Å²) in [6.45, 7) is 0. The Labute approximate surface area is 80.8 Å². The molecule has 1 aliphatic rings. The first-order valence-corrected chi connectivity index (χ1v) is 37.9. The van der Waals surface area contributed by atoms with Gasteiger partial charge >= 0.3 is 82.5 Å². The minimum atomic E-state index is -2.91. The number of hydrogen-bond acceptors (Lipinski definition) is 0. The molecule has 1 fully saturated rings. The van der Waals surface area contributed by atoms with E-state index in [4.69, 9.17) is 60.1 Å². The van der Waals surface area contributed by atoms with Crippen molar-refractivity contribution in [3.63, 3.8) is 0 Å². The molecule has 0 amide bonds. The van der Waals surface area contributed by atoms with Crippen LogP contribution in [0.4, 0.5) is 0 Å². The summed E-state index contributed by atoms with van der Waals surface area (Å²) in [4.78, 5) is 0. The van der Waals surface area contributed by atoms with Crippen molar-refractivity contribution < 1.29 is 0 Å². The second-order valence-electron chi connectivity index (χ2n) is 1.72. The predicted octanol–water partition coefficient (Wildman–Crippen LogP) is 2.99. The van der Waals surface area contributed by atoms with Crippen LogP contribution in [-0.2, 0) is 0 Å². The van der Waals surface area contributed by atoms with Crippen LogP contribution >= 0.6 is 60.1 Å². The topological polar surface area (TPSA) is 0 Å². The van der Waals surface area contributed by atoms with Gasteiger partial charge < -0.3 is 0 Å². The Kier molecular flexibility index (Phi) is 3.11. The van der Waals surface area contributed by atoms with Crippen LogP contribution in [0.25, 0.3) is 0 Å². The molecule has 0 aromatic rings. The summed E-state index contributed by atoms with van der Waals surface area (Å²) < 4.78 is 0. The summed E-state index contributed by atoms with van der Waals surface area (Å²) in [5.74, 6) is 0. The van der Waals surface area contributed by atoms with Crippen LogP contribution in [0, 0.1) is 0 Å². The second-order valence-corrected chi connectivity index (χ2v) is 154. The van der Waals surface area contributed by atoms with Gasteiger partial charge in [0.05, 0.1) is 0 Å². The molecular weight excluding hydrogens is 431 g/mol. The van der Waals surface area contributed by atoms with E-state index in [0.717, 1.165) is 0 Å². The van der Waals surface area contributed by atoms with E-state index in [1.165, 1.54) is 0 Å². The summed E-state index contributed by atoms with van der Waals surface area (Å²) in [6, 6.07) is 0. The zero-order valence-electron chi connectivity index (χ0n) is 3.77. The van der Waals surface area contributed by atoms with E-state index in [1.807, 2.05) is 0 Å². The van der Waals surface area contributed by atoms with Gasteiger partial charge in [0.1, 0.15) is 0 Å². The first-order chi connectivity index (χ1) is 3.75. The molecule has 0 aromatic heterocycles. The molecule has 0 nitrogen and oxygen atoms in total. The number of rotatable bonds is 0. The van der Waals surface area contributed by atoms with Crippen molar-refractivity contribution in [1.82, 2.24) is 0 Å². The van der Waals surface area contributed by atoms with Crippen molar-refractivity contribution in [2.75, 3.05) is 0 Å². The minimum absolute atomic E-state index is 2.91. The summed E-state index contributed by atoms with van der Waals surface area (Å²) >= 11 is 0. The van der Waals surface area contributed by atoms with E-state index in [9.17, 15) is 0 Å². The Hall–Kier alpha value is 3.37. The maximum atomic E-state index is 5.82. The van der Waals surface area contributed by atoms with Crippen molar-refractivity contribution in [3.8, 4) is 0 Å². The quantitative estimate of drug-likeness (QED) is 0.519. The average Bonchev–Trinajstić information content (AvgIpc) is 1.84. The molecule has 0 N–H and O–H groups in total. The van der Waals surface area contributed by atoms with Crippen molar-refractivity contribution in [1.29, 1.82) is 0 Å². The molecule has 1 saturated heterocycles. The third-order valence-electron chi connectivity index (χ3n) is 1.12. The van der Waals surface area contributed by atoms with Crippen molar-refractivity contribution in [3.05, 3.63) is 0 Å². The van der Waals surface area contributed by atoms with Crippen molar-refractivity contribution in [2.45, 2.75) is 0 Å². The Bertz CT molecular complexity index is 106. The Morgan fingerprint density at radius 3 is 0.556 bits per heavy atom. The fourth-order valence-corrected chi connectivity index (χ4v) is 581. The van der Waals surface area contributed by atoms with Gasteiger partial charge in [0.25, 0.3) is 0 Å². The van der Waals surface area contributed by atoms with Crippen LogP contribution in [0.15, 0.2) is 0 Å². The van der Waals surface area contributed by atoms with Gasteiger partial charge in [0, 0.05) is 0 Å². The van der Waals surface area contributed by atoms with Crippen LogP contribution in [0.1, 0.15) is 0 Å². The van der Waals surface area contributed by atoms with Crippen LogP contribution < -0.4 is 0 Å². The normalized spacial score (nSPS) is 34.0. The van der Waals surface area contributed by atoms with E-state index in [-0.39, 0.29) is 0 Å². The van der Waals surface area contributed by atoms with Gasteiger partial charge in [-0.1, -0.05) is 0 Å². The first kappa shape index (κ1) is 10.4. The SMILES string of the molecule is [Cl][Ge]1([Cl])[Ge]([Cl])([Cl])[Ge]1([Cl])[Cl]. The zero-order valence-corrected chi connectivity index (χ0v) is 14.6. The molecule has 9 heavy (non-hydrogen) atoms. The van der Waals surface area contributed by atoms with Crippen LogP contribution in [0.2, 0.25) is 0 Å². The summed E-state index contributed by atoms with van der Waals surface area (Å²) in [5, 5.41) is 0. The predicted molar refractivity (Wildman–Crippen MR) is 52.4 cm³/mol. The molecule has 0 aromatic carbocycles. The third-order valence-corrected chi connectivity index (χ3v) is 360. The average molecular weight is 431 g/mol. The Morgan fingerprint density at radius 2 is 0.556 bits per heavy atom. The molecule has 0 atom stereocenters. The molecule has 1 heterocycles. The first-order valence-electron chi connectivity index (χ1n) is 1.88. The van der Waals surface area contributed by atoms with E-state index < -0.39 is 22.4 Å². The summed E-state index contributed by atoms with van der Waals surface area (Å²) in [6.07, 6.45) is 0. The van der Waals surface area contributed by atoms with E-state index in [0.29, 0.717) is 0 Å². The van der Waals surface area contributed by atoms with Crippen LogP contribution in [0.3, 0.4) is 0 Å². The summed E-state index contributed by atoms with van der Waals surface area (Å²) in [5.41, 5.74) is 0. The molecule has 0 radical (unpaired) electrons. The summed E-state index contributed by atoms with van der Waals surface area (Å²) in [7, 11) is 26.2. The van der Waals surface area contributed by atoms with Crippen LogP contribution in [-0.4, -0.2) is 22.4 Å².